The molecule has 0 aliphatic rings. The number of carbonyl (C=O) groups excluding carboxylic acids is 1. The molecule has 0 saturated heterocycles. The number of anilines is 1. The lowest BCUT2D eigenvalue weighted by atomic mass is 10.1. The molecule has 2 heterocycles. The van der Waals surface area contributed by atoms with Crippen molar-refractivity contribution in [3.63, 3.8) is 0 Å². The standard InChI is InChI=1S/C21H18N2O2S2/c1-3-25-15-9-10-17-16(12-15)22-21(27-17)23-20(24)18-11-13(2)19(26-18)14-7-5-4-6-8-14/h4-12H,3H2,1-2H3,(H,22,23,24). The number of nitrogens with one attached hydrogen (secondary N) is 1. The summed E-state index contributed by atoms with van der Waals surface area (Å²) in [6.45, 7) is 4.59. The number of rotatable bonds is 5. The second-order valence-electron chi connectivity index (χ2n) is 6.02. The van der Waals surface area contributed by atoms with E-state index in [-0.39, 0.29) is 5.91 Å². The van der Waals surface area contributed by atoms with Crippen LogP contribution in [0.4, 0.5) is 5.13 Å². The van der Waals surface area contributed by atoms with Crippen LogP contribution in [0.2, 0.25) is 0 Å². The minimum absolute atomic E-state index is 0.130. The maximum absolute atomic E-state index is 12.7. The lowest BCUT2D eigenvalue weighted by molar-refractivity contribution is 0.103. The Hall–Kier alpha value is -2.70. The maximum atomic E-state index is 12.7. The van der Waals surface area contributed by atoms with Crippen molar-refractivity contribution in [2.24, 2.45) is 0 Å². The summed E-state index contributed by atoms with van der Waals surface area (Å²) in [5, 5.41) is 3.52. The molecule has 0 aliphatic carbocycles. The van der Waals surface area contributed by atoms with Gasteiger partial charge in [0.2, 0.25) is 0 Å². The number of carbonyl (C=O) groups is 1. The number of fused-ring (bicyclic) bond motifs is 1. The van der Waals surface area contributed by atoms with Gasteiger partial charge in [0.25, 0.3) is 5.91 Å². The van der Waals surface area contributed by atoms with Crippen LogP contribution in [-0.2, 0) is 0 Å². The molecule has 0 unspecified atom stereocenters. The van der Waals surface area contributed by atoms with Gasteiger partial charge in [-0.2, -0.15) is 0 Å². The molecule has 0 aliphatic heterocycles. The largest absolute Gasteiger partial charge is 0.494 e. The second kappa shape index (κ2) is 7.50. The Bertz CT molecular complexity index is 1100. The van der Waals surface area contributed by atoms with Crippen LogP contribution in [-0.4, -0.2) is 17.5 Å². The Labute approximate surface area is 165 Å². The van der Waals surface area contributed by atoms with E-state index >= 15 is 0 Å². The van der Waals surface area contributed by atoms with E-state index in [0.29, 0.717) is 16.6 Å². The average molecular weight is 395 g/mol. The van der Waals surface area contributed by atoms with Gasteiger partial charge in [-0.3, -0.25) is 10.1 Å². The van der Waals surface area contributed by atoms with Crippen LogP contribution in [0.25, 0.3) is 20.7 Å². The molecule has 0 atom stereocenters. The molecule has 0 bridgehead atoms. The van der Waals surface area contributed by atoms with E-state index in [0.717, 1.165) is 32.0 Å². The highest BCUT2D eigenvalue weighted by molar-refractivity contribution is 7.22. The molecule has 1 amide bonds. The van der Waals surface area contributed by atoms with Crippen molar-refractivity contribution >= 4 is 43.9 Å². The summed E-state index contributed by atoms with van der Waals surface area (Å²) in [6.07, 6.45) is 0. The fraction of sp³-hybridized carbons (Fsp3) is 0.143. The molecule has 2 aromatic carbocycles. The monoisotopic (exact) mass is 394 g/mol. The highest BCUT2D eigenvalue weighted by atomic mass is 32.1. The first-order valence-electron chi connectivity index (χ1n) is 8.64. The van der Waals surface area contributed by atoms with Gasteiger partial charge in [0.1, 0.15) is 5.75 Å². The zero-order valence-corrected chi connectivity index (χ0v) is 16.6. The van der Waals surface area contributed by atoms with Gasteiger partial charge in [0, 0.05) is 10.9 Å². The van der Waals surface area contributed by atoms with Crippen LogP contribution in [0.15, 0.2) is 54.6 Å². The van der Waals surface area contributed by atoms with Crippen molar-refractivity contribution in [1.29, 1.82) is 0 Å². The molecule has 0 saturated carbocycles. The highest BCUT2D eigenvalue weighted by Gasteiger charge is 2.15. The van der Waals surface area contributed by atoms with E-state index in [1.807, 2.05) is 56.3 Å². The first-order valence-corrected chi connectivity index (χ1v) is 10.3. The van der Waals surface area contributed by atoms with Gasteiger partial charge >= 0.3 is 0 Å². The lowest BCUT2D eigenvalue weighted by Crippen LogP contribution is -2.09. The zero-order valence-electron chi connectivity index (χ0n) is 15.0. The molecule has 4 rings (SSSR count). The van der Waals surface area contributed by atoms with Crippen LogP contribution in [0.3, 0.4) is 0 Å². The third kappa shape index (κ3) is 3.72. The lowest BCUT2D eigenvalue weighted by Gasteiger charge is -2.00. The van der Waals surface area contributed by atoms with E-state index in [1.54, 1.807) is 0 Å². The number of benzene rings is 2. The molecular formula is C21H18N2O2S2. The number of hydrogen-bond acceptors (Lipinski definition) is 5. The normalized spacial score (nSPS) is 10.9. The Morgan fingerprint density at radius 1 is 1.11 bits per heavy atom. The van der Waals surface area contributed by atoms with Gasteiger partial charge in [-0.25, -0.2) is 4.98 Å². The molecule has 1 N–H and O–H groups in total. The van der Waals surface area contributed by atoms with Gasteiger partial charge in [-0.15, -0.1) is 11.3 Å². The van der Waals surface area contributed by atoms with Crippen molar-refractivity contribution in [3.8, 4) is 16.2 Å². The van der Waals surface area contributed by atoms with Crippen LogP contribution < -0.4 is 10.1 Å². The SMILES string of the molecule is CCOc1ccc2sc(NC(=O)c3cc(C)c(-c4ccccc4)s3)nc2c1. The quantitative estimate of drug-likeness (QED) is 0.453. The number of thiophene rings is 1. The molecule has 136 valence electrons. The molecule has 27 heavy (non-hydrogen) atoms. The van der Waals surface area contributed by atoms with Gasteiger partial charge in [-0.1, -0.05) is 41.7 Å². The number of thiazole rings is 1. The Morgan fingerprint density at radius 3 is 2.70 bits per heavy atom. The number of hydrogen-bond donors (Lipinski definition) is 1. The number of amides is 1. The summed E-state index contributed by atoms with van der Waals surface area (Å²) < 4.78 is 6.53. The molecule has 0 spiro atoms. The summed E-state index contributed by atoms with van der Waals surface area (Å²) in [5.74, 6) is 0.656. The van der Waals surface area contributed by atoms with E-state index < -0.39 is 0 Å². The maximum Gasteiger partial charge on any atom is 0.267 e. The van der Waals surface area contributed by atoms with Gasteiger partial charge in [-0.05, 0) is 43.2 Å². The topological polar surface area (TPSA) is 51.2 Å². The van der Waals surface area contributed by atoms with Gasteiger partial charge in [0.05, 0.1) is 21.7 Å². The molecular weight excluding hydrogens is 376 g/mol. The first-order chi connectivity index (χ1) is 13.1. The minimum atomic E-state index is -0.130. The Morgan fingerprint density at radius 2 is 1.93 bits per heavy atom. The van der Waals surface area contributed by atoms with Gasteiger partial charge < -0.3 is 4.74 Å². The van der Waals surface area contributed by atoms with Crippen LogP contribution in [0, 0.1) is 6.92 Å². The smallest absolute Gasteiger partial charge is 0.267 e. The van der Waals surface area contributed by atoms with Gasteiger partial charge in [0.15, 0.2) is 5.13 Å². The summed E-state index contributed by atoms with van der Waals surface area (Å²) >= 11 is 2.96. The number of ether oxygens (including phenoxy) is 1. The Balaban J connectivity index is 1.56. The molecule has 4 nitrogen and oxygen atoms in total. The van der Waals surface area contributed by atoms with E-state index in [1.165, 1.54) is 22.7 Å². The molecule has 6 heteroatoms. The summed E-state index contributed by atoms with van der Waals surface area (Å²) in [5.41, 5.74) is 3.05. The average Bonchev–Trinajstić information content (AvgIpc) is 3.25. The van der Waals surface area contributed by atoms with E-state index in [2.05, 4.69) is 22.4 Å². The third-order valence-electron chi connectivity index (χ3n) is 4.07. The number of aryl methyl sites for hydroxylation is 1. The fourth-order valence-corrected chi connectivity index (χ4v) is 4.76. The van der Waals surface area contributed by atoms with Crippen molar-refractivity contribution in [2.75, 3.05) is 11.9 Å². The van der Waals surface area contributed by atoms with Crippen molar-refractivity contribution in [2.45, 2.75) is 13.8 Å². The minimum Gasteiger partial charge on any atom is -0.494 e. The van der Waals surface area contributed by atoms with E-state index in [4.69, 9.17) is 4.74 Å². The second-order valence-corrected chi connectivity index (χ2v) is 8.11. The predicted octanol–water partition coefficient (Wildman–Crippen LogP) is 5.98. The number of aromatic nitrogens is 1. The summed E-state index contributed by atoms with van der Waals surface area (Å²) in [6, 6.07) is 17.8. The fourth-order valence-electron chi connectivity index (χ4n) is 2.85. The highest BCUT2D eigenvalue weighted by Crippen LogP contribution is 2.33. The van der Waals surface area contributed by atoms with Crippen LogP contribution in [0.5, 0.6) is 5.75 Å². The summed E-state index contributed by atoms with van der Waals surface area (Å²) in [4.78, 5) is 19.0. The van der Waals surface area contributed by atoms with Crippen LogP contribution >= 0.6 is 22.7 Å². The first kappa shape index (κ1) is 17.7. The predicted molar refractivity (Wildman–Crippen MR) is 113 cm³/mol. The summed E-state index contributed by atoms with van der Waals surface area (Å²) in [7, 11) is 0. The van der Waals surface area contributed by atoms with Crippen LogP contribution in [0.1, 0.15) is 22.2 Å². The Kier molecular flexibility index (Phi) is 4.92. The zero-order chi connectivity index (χ0) is 18.8. The van der Waals surface area contributed by atoms with Crippen molar-refractivity contribution in [3.05, 3.63) is 65.0 Å². The van der Waals surface area contributed by atoms with E-state index in [9.17, 15) is 4.79 Å². The van der Waals surface area contributed by atoms with Crippen molar-refractivity contribution in [1.82, 2.24) is 4.98 Å². The molecule has 4 aromatic rings. The molecule has 0 radical (unpaired) electrons. The molecule has 2 aromatic heterocycles. The third-order valence-corrected chi connectivity index (χ3v) is 6.30. The van der Waals surface area contributed by atoms with Crippen molar-refractivity contribution < 1.29 is 9.53 Å². The molecule has 0 fully saturated rings. The number of nitrogens with zero attached hydrogens (tertiary/aromatic N) is 1.